The van der Waals surface area contributed by atoms with Gasteiger partial charge in [0.25, 0.3) is 5.56 Å². The van der Waals surface area contributed by atoms with Crippen molar-refractivity contribution in [2.24, 2.45) is 0 Å². The van der Waals surface area contributed by atoms with E-state index < -0.39 is 0 Å². The molecule has 0 unspecified atom stereocenters. The summed E-state index contributed by atoms with van der Waals surface area (Å²) in [6.07, 6.45) is 0.874. The molecule has 150 valence electrons. The predicted octanol–water partition coefficient (Wildman–Crippen LogP) is 1.53. The number of hydrogen-bond acceptors (Lipinski definition) is 5. The number of amides is 1. The van der Waals surface area contributed by atoms with Gasteiger partial charge in [-0.2, -0.15) is 5.10 Å². The minimum Gasteiger partial charge on any atom is -0.369 e. The molecule has 1 aliphatic heterocycles. The van der Waals surface area contributed by atoms with Crippen molar-refractivity contribution < 1.29 is 4.79 Å². The first-order valence-electron chi connectivity index (χ1n) is 9.55. The maximum Gasteiger partial charge on any atom is 0.267 e. The van der Waals surface area contributed by atoms with E-state index in [2.05, 4.69) is 26.3 Å². The summed E-state index contributed by atoms with van der Waals surface area (Å²) in [7, 11) is 0. The third-order valence-electron chi connectivity index (χ3n) is 4.81. The number of carbonyl (C=O) groups is 1. The van der Waals surface area contributed by atoms with Crippen LogP contribution in [0.1, 0.15) is 12.1 Å². The van der Waals surface area contributed by atoms with Crippen molar-refractivity contribution in [3.05, 3.63) is 57.5 Å². The van der Waals surface area contributed by atoms with Gasteiger partial charge >= 0.3 is 0 Å². The average Bonchev–Trinajstić information content (AvgIpc) is 2.68. The lowest BCUT2D eigenvalue weighted by Gasteiger charge is -2.36. The van der Waals surface area contributed by atoms with Crippen LogP contribution in [-0.4, -0.2) is 59.9 Å². The Morgan fingerprint density at radius 1 is 1.18 bits per heavy atom. The number of nitrogens with zero attached hydrogens (tertiary/aromatic N) is 4. The molecule has 1 aliphatic rings. The number of rotatable bonds is 7. The second kappa shape index (κ2) is 9.71. The van der Waals surface area contributed by atoms with Crippen molar-refractivity contribution in [2.75, 3.05) is 44.2 Å². The van der Waals surface area contributed by atoms with Gasteiger partial charge in [0.15, 0.2) is 0 Å². The molecule has 1 N–H and O–H groups in total. The molecule has 3 rings (SSSR count). The minimum atomic E-state index is -0.265. The van der Waals surface area contributed by atoms with Crippen LogP contribution in [0.15, 0.2) is 41.2 Å². The van der Waals surface area contributed by atoms with Crippen LogP contribution >= 0.6 is 11.6 Å². The van der Waals surface area contributed by atoms with Gasteiger partial charge in [0, 0.05) is 49.5 Å². The van der Waals surface area contributed by atoms with Crippen molar-refractivity contribution in [2.45, 2.75) is 19.9 Å². The Morgan fingerprint density at radius 2 is 1.96 bits per heavy atom. The van der Waals surface area contributed by atoms with Gasteiger partial charge in [-0.05, 0) is 44.2 Å². The zero-order valence-corrected chi connectivity index (χ0v) is 16.9. The van der Waals surface area contributed by atoms with Gasteiger partial charge < -0.3 is 10.2 Å². The lowest BCUT2D eigenvalue weighted by molar-refractivity contribution is -0.121. The monoisotopic (exact) mass is 403 g/mol. The standard InChI is InChI=1S/C20H26ClN5O2/c1-16-6-7-20(28)26(23-16)15-19(27)22-8-3-9-24-10-12-25(13-11-24)18-5-2-4-17(21)14-18/h2,4-7,14H,3,8-13,15H2,1H3,(H,22,27). The Kier molecular flexibility index (Phi) is 7.06. The minimum absolute atomic E-state index is 0.0428. The Hall–Kier alpha value is -2.38. The van der Waals surface area contributed by atoms with E-state index in [4.69, 9.17) is 11.6 Å². The Bertz CT molecular complexity index is 862. The van der Waals surface area contributed by atoms with E-state index in [1.165, 1.54) is 16.4 Å². The topological polar surface area (TPSA) is 70.5 Å². The number of aryl methyl sites for hydroxylation is 1. The molecule has 2 aromatic rings. The maximum atomic E-state index is 12.0. The van der Waals surface area contributed by atoms with E-state index in [1.54, 1.807) is 13.0 Å². The van der Waals surface area contributed by atoms with Gasteiger partial charge in [-0.3, -0.25) is 14.5 Å². The first kappa shape index (κ1) is 20.4. The maximum absolute atomic E-state index is 12.0. The SMILES string of the molecule is Cc1ccc(=O)n(CC(=O)NCCCN2CCN(c3cccc(Cl)c3)CC2)n1. The van der Waals surface area contributed by atoms with Gasteiger partial charge in [0.2, 0.25) is 5.91 Å². The number of nitrogens with one attached hydrogen (secondary N) is 1. The molecule has 1 saturated heterocycles. The fraction of sp³-hybridized carbons (Fsp3) is 0.450. The molecule has 1 fully saturated rings. The summed E-state index contributed by atoms with van der Waals surface area (Å²) in [6.45, 7) is 7.19. The highest BCUT2D eigenvalue weighted by Crippen LogP contribution is 2.20. The normalized spacial score (nSPS) is 14.9. The van der Waals surface area contributed by atoms with Gasteiger partial charge in [-0.25, -0.2) is 4.68 Å². The summed E-state index contributed by atoms with van der Waals surface area (Å²) in [5.74, 6) is -0.189. The number of benzene rings is 1. The smallest absolute Gasteiger partial charge is 0.267 e. The molecule has 0 atom stereocenters. The zero-order chi connectivity index (χ0) is 19.9. The fourth-order valence-electron chi connectivity index (χ4n) is 3.29. The number of halogens is 1. The number of piperazine rings is 1. The highest BCUT2D eigenvalue weighted by atomic mass is 35.5. The second-order valence-electron chi connectivity index (χ2n) is 6.98. The molecule has 1 aromatic heterocycles. The summed E-state index contributed by atoms with van der Waals surface area (Å²) in [5, 5.41) is 7.70. The highest BCUT2D eigenvalue weighted by Gasteiger charge is 2.17. The van der Waals surface area contributed by atoms with Crippen molar-refractivity contribution in [1.82, 2.24) is 20.0 Å². The van der Waals surface area contributed by atoms with E-state index in [0.29, 0.717) is 12.2 Å². The number of aromatic nitrogens is 2. The third-order valence-corrected chi connectivity index (χ3v) is 5.05. The fourth-order valence-corrected chi connectivity index (χ4v) is 3.47. The summed E-state index contributed by atoms with van der Waals surface area (Å²) >= 11 is 6.08. The third kappa shape index (κ3) is 5.81. The zero-order valence-electron chi connectivity index (χ0n) is 16.1. The summed E-state index contributed by atoms with van der Waals surface area (Å²) in [4.78, 5) is 28.5. The lowest BCUT2D eigenvalue weighted by atomic mass is 10.2. The van der Waals surface area contributed by atoms with E-state index in [0.717, 1.165) is 44.2 Å². The van der Waals surface area contributed by atoms with Crippen LogP contribution in [0.4, 0.5) is 5.69 Å². The van der Waals surface area contributed by atoms with Crippen LogP contribution in [0.3, 0.4) is 0 Å². The average molecular weight is 404 g/mol. The molecule has 0 radical (unpaired) electrons. The van der Waals surface area contributed by atoms with Crippen molar-refractivity contribution in [3.8, 4) is 0 Å². The van der Waals surface area contributed by atoms with Crippen LogP contribution in [0.2, 0.25) is 5.02 Å². The molecule has 0 bridgehead atoms. The molecular formula is C20H26ClN5O2. The largest absolute Gasteiger partial charge is 0.369 e. The van der Waals surface area contributed by atoms with Crippen LogP contribution < -0.4 is 15.8 Å². The van der Waals surface area contributed by atoms with Crippen LogP contribution in [-0.2, 0) is 11.3 Å². The van der Waals surface area contributed by atoms with Crippen molar-refractivity contribution in [1.29, 1.82) is 0 Å². The van der Waals surface area contributed by atoms with E-state index >= 15 is 0 Å². The number of anilines is 1. The number of carbonyl (C=O) groups excluding carboxylic acids is 1. The summed E-state index contributed by atoms with van der Waals surface area (Å²) in [5.41, 5.74) is 1.61. The second-order valence-corrected chi connectivity index (χ2v) is 7.42. The Balaban J connectivity index is 1.34. The van der Waals surface area contributed by atoms with Crippen molar-refractivity contribution in [3.63, 3.8) is 0 Å². The predicted molar refractivity (Wildman–Crippen MR) is 111 cm³/mol. The van der Waals surface area contributed by atoms with Gasteiger partial charge in [-0.15, -0.1) is 0 Å². The Labute approximate surface area is 169 Å². The molecule has 0 aliphatic carbocycles. The first-order valence-corrected chi connectivity index (χ1v) is 9.93. The van der Waals surface area contributed by atoms with Gasteiger partial charge in [0.1, 0.15) is 6.54 Å². The molecule has 1 aromatic carbocycles. The highest BCUT2D eigenvalue weighted by molar-refractivity contribution is 6.30. The molecule has 0 saturated carbocycles. The molecule has 7 nitrogen and oxygen atoms in total. The molecule has 1 amide bonds. The Morgan fingerprint density at radius 3 is 2.71 bits per heavy atom. The molecule has 8 heteroatoms. The van der Waals surface area contributed by atoms with Gasteiger partial charge in [-0.1, -0.05) is 17.7 Å². The van der Waals surface area contributed by atoms with Crippen LogP contribution in [0, 0.1) is 6.92 Å². The van der Waals surface area contributed by atoms with Crippen molar-refractivity contribution >= 4 is 23.2 Å². The van der Waals surface area contributed by atoms with Crippen LogP contribution in [0.5, 0.6) is 0 Å². The first-order chi connectivity index (χ1) is 13.5. The molecular weight excluding hydrogens is 378 g/mol. The van der Waals surface area contributed by atoms with E-state index in [9.17, 15) is 9.59 Å². The molecule has 28 heavy (non-hydrogen) atoms. The molecule has 0 spiro atoms. The summed E-state index contributed by atoms with van der Waals surface area (Å²) < 4.78 is 1.19. The molecule has 2 heterocycles. The number of hydrogen-bond donors (Lipinski definition) is 1. The van der Waals surface area contributed by atoms with Crippen LogP contribution in [0.25, 0.3) is 0 Å². The van der Waals surface area contributed by atoms with E-state index in [-0.39, 0.29) is 18.0 Å². The van der Waals surface area contributed by atoms with Gasteiger partial charge in [0.05, 0.1) is 5.69 Å². The lowest BCUT2D eigenvalue weighted by Crippen LogP contribution is -2.47. The van der Waals surface area contributed by atoms with E-state index in [1.807, 2.05) is 18.2 Å². The summed E-state index contributed by atoms with van der Waals surface area (Å²) in [6, 6.07) is 11.0. The quantitative estimate of drug-likeness (QED) is 0.710.